The van der Waals surface area contributed by atoms with Crippen molar-refractivity contribution in [3.63, 3.8) is 0 Å². The zero-order valence-corrected chi connectivity index (χ0v) is 15.4. The van der Waals surface area contributed by atoms with Crippen LogP contribution in [-0.2, 0) is 14.8 Å². The zero-order chi connectivity index (χ0) is 17.9. The van der Waals surface area contributed by atoms with Crippen LogP contribution >= 0.6 is 11.6 Å². The second kappa shape index (κ2) is 7.82. The third-order valence-corrected chi connectivity index (χ3v) is 6.53. The zero-order valence-electron chi connectivity index (χ0n) is 13.9. The fourth-order valence-corrected chi connectivity index (χ4v) is 4.15. The molecule has 0 unspecified atom stereocenters. The van der Waals surface area contributed by atoms with Gasteiger partial charge in [-0.25, -0.2) is 8.42 Å². The molecule has 24 heavy (non-hydrogen) atoms. The SMILES string of the molecule is CN(C(=O)CN(C)S(=O)(=O)c1ccc(Cl)cc1)[C@@H]1CCCC[C@H]1O. The molecule has 0 aromatic heterocycles. The Kier molecular flexibility index (Phi) is 6.25. The lowest BCUT2D eigenvalue weighted by atomic mass is 9.91. The molecule has 1 aromatic carbocycles. The van der Waals surface area contributed by atoms with E-state index in [1.54, 1.807) is 7.05 Å². The lowest BCUT2D eigenvalue weighted by Gasteiger charge is -2.35. The molecule has 0 bridgehead atoms. The van der Waals surface area contributed by atoms with Crippen LogP contribution in [0.15, 0.2) is 29.2 Å². The Morgan fingerprint density at radius 1 is 1.21 bits per heavy atom. The van der Waals surface area contributed by atoms with E-state index in [1.165, 1.54) is 36.2 Å². The van der Waals surface area contributed by atoms with Crippen LogP contribution in [0.1, 0.15) is 25.7 Å². The summed E-state index contributed by atoms with van der Waals surface area (Å²) in [6.07, 6.45) is 2.76. The molecule has 1 fully saturated rings. The van der Waals surface area contributed by atoms with Gasteiger partial charge in [-0.2, -0.15) is 4.31 Å². The number of rotatable bonds is 5. The highest BCUT2D eigenvalue weighted by molar-refractivity contribution is 7.89. The summed E-state index contributed by atoms with van der Waals surface area (Å²) >= 11 is 5.77. The van der Waals surface area contributed by atoms with Crippen molar-refractivity contribution < 1.29 is 18.3 Å². The van der Waals surface area contributed by atoms with Crippen molar-refractivity contribution in [2.45, 2.75) is 42.7 Å². The summed E-state index contributed by atoms with van der Waals surface area (Å²) in [4.78, 5) is 14.0. The minimum atomic E-state index is -3.76. The highest BCUT2D eigenvalue weighted by Crippen LogP contribution is 2.23. The average molecular weight is 375 g/mol. The van der Waals surface area contributed by atoms with Gasteiger partial charge in [0.1, 0.15) is 0 Å². The Balaban J connectivity index is 2.06. The first-order chi connectivity index (χ1) is 11.2. The lowest BCUT2D eigenvalue weighted by molar-refractivity contribution is -0.135. The number of nitrogens with zero attached hydrogens (tertiary/aromatic N) is 2. The van der Waals surface area contributed by atoms with E-state index in [9.17, 15) is 18.3 Å². The van der Waals surface area contributed by atoms with E-state index in [4.69, 9.17) is 11.6 Å². The van der Waals surface area contributed by atoms with E-state index in [0.29, 0.717) is 11.4 Å². The molecule has 2 atom stereocenters. The highest BCUT2D eigenvalue weighted by atomic mass is 35.5. The number of hydrogen-bond acceptors (Lipinski definition) is 4. The molecule has 134 valence electrons. The Morgan fingerprint density at radius 2 is 1.79 bits per heavy atom. The van der Waals surface area contributed by atoms with Crippen molar-refractivity contribution in [1.29, 1.82) is 0 Å². The van der Waals surface area contributed by atoms with Crippen molar-refractivity contribution in [2.24, 2.45) is 0 Å². The van der Waals surface area contributed by atoms with Crippen molar-refractivity contribution in [3.05, 3.63) is 29.3 Å². The van der Waals surface area contributed by atoms with Crippen LogP contribution < -0.4 is 0 Å². The van der Waals surface area contributed by atoms with Gasteiger partial charge in [0, 0.05) is 19.1 Å². The molecule has 8 heteroatoms. The van der Waals surface area contributed by atoms with Gasteiger partial charge in [-0.05, 0) is 37.1 Å². The molecular formula is C16H23ClN2O4S. The first-order valence-corrected chi connectivity index (χ1v) is 9.71. The second-order valence-corrected chi connectivity index (χ2v) is 8.62. The maximum atomic E-state index is 12.5. The van der Waals surface area contributed by atoms with Crippen LogP contribution in [0.2, 0.25) is 5.02 Å². The van der Waals surface area contributed by atoms with Gasteiger partial charge in [0.2, 0.25) is 15.9 Å². The lowest BCUT2D eigenvalue weighted by Crippen LogP contribution is -2.49. The fourth-order valence-electron chi connectivity index (χ4n) is 2.90. The molecule has 1 aliphatic rings. The van der Waals surface area contributed by atoms with E-state index in [2.05, 4.69) is 0 Å². The Labute approximate surface area is 148 Å². The predicted molar refractivity (Wildman–Crippen MR) is 92.3 cm³/mol. The second-order valence-electron chi connectivity index (χ2n) is 6.14. The summed E-state index contributed by atoms with van der Waals surface area (Å²) in [5.41, 5.74) is 0. The Bertz CT molecular complexity index is 678. The van der Waals surface area contributed by atoms with Gasteiger partial charge in [-0.3, -0.25) is 4.79 Å². The molecule has 1 N–H and O–H groups in total. The molecule has 0 spiro atoms. The number of aliphatic hydroxyl groups is 1. The molecule has 0 radical (unpaired) electrons. The van der Waals surface area contributed by atoms with Crippen LogP contribution in [0, 0.1) is 0 Å². The van der Waals surface area contributed by atoms with Gasteiger partial charge in [0.25, 0.3) is 0 Å². The normalized spacial score (nSPS) is 21.7. The van der Waals surface area contributed by atoms with Gasteiger partial charge in [0.05, 0.1) is 23.6 Å². The van der Waals surface area contributed by atoms with Gasteiger partial charge < -0.3 is 10.0 Å². The maximum absolute atomic E-state index is 12.5. The van der Waals surface area contributed by atoms with E-state index >= 15 is 0 Å². The highest BCUT2D eigenvalue weighted by Gasteiger charge is 2.31. The molecule has 1 saturated carbocycles. The van der Waals surface area contributed by atoms with Gasteiger partial charge in [-0.15, -0.1) is 0 Å². The number of amides is 1. The standard InChI is InChI=1S/C16H23ClN2O4S/c1-18(24(22,23)13-9-7-12(17)8-10-13)11-16(21)19(2)14-5-3-4-6-15(14)20/h7-10,14-15,20H,3-6,11H2,1-2H3/t14-,15-/m1/s1. The number of hydrogen-bond donors (Lipinski definition) is 1. The number of aliphatic hydroxyl groups excluding tert-OH is 1. The topological polar surface area (TPSA) is 77.9 Å². The van der Waals surface area contributed by atoms with Crippen molar-refractivity contribution >= 4 is 27.5 Å². The fraction of sp³-hybridized carbons (Fsp3) is 0.562. The van der Waals surface area contributed by atoms with E-state index < -0.39 is 16.1 Å². The number of likely N-dealkylation sites (N-methyl/N-ethyl adjacent to an activating group) is 2. The monoisotopic (exact) mass is 374 g/mol. The minimum absolute atomic E-state index is 0.0857. The summed E-state index contributed by atoms with van der Waals surface area (Å²) < 4.78 is 26.0. The molecule has 1 aromatic rings. The average Bonchev–Trinajstić information content (AvgIpc) is 2.55. The molecule has 1 amide bonds. The number of carbonyl (C=O) groups excluding carboxylic acids is 1. The van der Waals surface area contributed by atoms with Crippen molar-refractivity contribution in [2.75, 3.05) is 20.6 Å². The summed E-state index contributed by atoms with van der Waals surface area (Å²) in [6, 6.07) is 5.56. The third kappa shape index (κ3) is 4.27. The molecule has 0 heterocycles. The molecule has 2 rings (SSSR count). The molecule has 6 nitrogen and oxygen atoms in total. The minimum Gasteiger partial charge on any atom is -0.391 e. The van der Waals surface area contributed by atoms with Crippen LogP contribution in [0.4, 0.5) is 0 Å². The largest absolute Gasteiger partial charge is 0.391 e. The quantitative estimate of drug-likeness (QED) is 0.851. The van der Waals surface area contributed by atoms with Gasteiger partial charge in [0.15, 0.2) is 0 Å². The number of benzene rings is 1. The van der Waals surface area contributed by atoms with E-state index in [1.807, 2.05) is 0 Å². The number of sulfonamides is 1. The Hall–Kier alpha value is -1.15. The molecule has 0 saturated heterocycles. The smallest absolute Gasteiger partial charge is 0.243 e. The van der Waals surface area contributed by atoms with Crippen LogP contribution in [0.5, 0.6) is 0 Å². The number of carbonyl (C=O) groups is 1. The van der Waals surface area contributed by atoms with Crippen LogP contribution in [-0.4, -0.2) is 61.4 Å². The van der Waals surface area contributed by atoms with Gasteiger partial charge >= 0.3 is 0 Å². The molecular weight excluding hydrogens is 352 g/mol. The molecule has 1 aliphatic carbocycles. The predicted octanol–water partition coefficient (Wildman–Crippen LogP) is 1.72. The first kappa shape index (κ1) is 19.2. The van der Waals surface area contributed by atoms with Crippen molar-refractivity contribution in [1.82, 2.24) is 9.21 Å². The van der Waals surface area contributed by atoms with Crippen LogP contribution in [0.25, 0.3) is 0 Å². The van der Waals surface area contributed by atoms with Crippen LogP contribution in [0.3, 0.4) is 0 Å². The summed E-state index contributed by atoms with van der Waals surface area (Å²) in [6.45, 7) is -0.273. The van der Waals surface area contributed by atoms with E-state index in [0.717, 1.165) is 23.6 Å². The summed E-state index contributed by atoms with van der Waals surface area (Å²) in [5, 5.41) is 10.5. The van der Waals surface area contributed by atoms with Crippen molar-refractivity contribution in [3.8, 4) is 0 Å². The van der Waals surface area contributed by atoms with Gasteiger partial charge in [-0.1, -0.05) is 24.4 Å². The molecule has 0 aliphatic heterocycles. The summed E-state index contributed by atoms with van der Waals surface area (Å²) in [7, 11) is -0.780. The maximum Gasteiger partial charge on any atom is 0.243 e. The third-order valence-electron chi connectivity index (χ3n) is 4.46. The van der Waals surface area contributed by atoms with E-state index in [-0.39, 0.29) is 23.4 Å². The Morgan fingerprint density at radius 3 is 2.38 bits per heavy atom. The summed E-state index contributed by atoms with van der Waals surface area (Å²) in [5.74, 6) is -0.332. The first-order valence-electron chi connectivity index (χ1n) is 7.89. The number of halogens is 1.